The fourth-order valence-electron chi connectivity index (χ4n) is 1.67. The van der Waals surface area contributed by atoms with Crippen molar-refractivity contribution in [2.45, 2.75) is 26.4 Å². The molecule has 0 saturated carbocycles. The highest BCUT2D eigenvalue weighted by Gasteiger charge is 2.35. The molecule has 1 N–H and O–H groups in total. The number of hydrogen-bond acceptors (Lipinski definition) is 5. The maximum Gasteiger partial charge on any atom is 0.445 e. The minimum absolute atomic E-state index is 0.204. The third-order valence-corrected chi connectivity index (χ3v) is 3.85. The van der Waals surface area contributed by atoms with Crippen LogP contribution in [0.3, 0.4) is 0 Å². The van der Waals surface area contributed by atoms with Gasteiger partial charge >= 0.3 is 6.18 Å². The second-order valence-corrected chi connectivity index (χ2v) is 6.40. The molecule has 9 heteroatoms. The summed E-state index contributed by atoms with van der Waals surface area (Å²) in [6, 6.07) is 6.34. The summed E-state index contributed by atoms with van der Waals surface area (Å²) in [5.74, 6) is 0.597. The van der Waals surface area contributed by atoms with E-state index in [0.29, 0.717) is 18.3 Å². The van der Waals surface area contributed by atoms with Crippen LogP contribution in [0.25, 0.3) is 0 Å². The molecule has 0 aliphatic carbocycles. The predicted molar refractivity (Wildman–Crippen MR) is 84.3 cm³/mol. The normalized spacial score (nSPS) is 11.6. The summed E-state index contributed by atoms with van der Waals surface area (Å²) in [5.41, 5.74) is 0.287. The summed E-state index contributed by atoms with van der Waals surface area (Å²) in [7, 11) is 0. The molecule has 2 rings (SSSR count). The second-order valence-electron chi connectivity index (χ2n) is 5.42. The van der Waals surface area contributed by atoms with Crippen molar-refractivity contribution in [2.24, 2.45) is 5.92 Å². The van der Waals surface area contributed by atoms with Gasteiger partial charge in [-0.3, -0.25) is 10.1 Å². The minimum atomic E-state index is -4.57. The number of hydrogen-bond donors (Lipinski definition) is 1. The van der Waals surface area contributed by atoms with Gasteiger partial charge in [0.15, 0.2) is 0 Å². The number of nitrogens with one attached hydrogen (secondary N) is 1. The highest BCUT2D eigenvalue weighted by atomic mass is 32.1. The quantitative estimate of drug-likeness (QED) is 0.838. The summed E-state index contributed by atoms with van der Waals surface area (Å²) >= 11 is 0.276. The van der Waals surface area contributed by atoms with Gasteiger partial charge in [0.1, 0.15) is 5.75 Å². The van der Waals surface area contributed by atoms with Crippen LogP contribution < -0.4 is 10.1 Å². The van der Waals surface area contributed by atoms with Gasteiger partial charge in [-0.1, -0.05) is 25.2 Å². The van der Waals surface area contributed by atoms with Crippen LogP contribution in [0, 0.1) is 5.92 Å². The molecule has 1 heterocycles. The maximum absolute atomic E-state index is 12.4. The van der Waals surface area contributed by atoms with Crippen LogP contribution in [-0.2, 0) is 6.18 Å². The first-order valence-electron chi connectivity index (χ1n) is 7.20. The van der Waals surface area contributed by atoms with Gasteiger partial charge in [-0.15, -0.1) is 10.2 Å². The van der Waals surface area contributed by atoms with Crippen molar-refractivity contribution >= 4 is 22.4 Å². The van der Waals surface area contributed by atoms with Crippen LogP contribution in [0.15, 0.2) is 24.3 Å². The topological polar surface area (TPSA) is 64.1 Å². The molecule has 1 aromatic carbocycles. The first-order valence-corrected chi connectivity index (χ1v) is 8.02. The summed E-state index contributed by atoms with van der Waals surface area (Å²) in [5, 5.41) is 7.30. The van der Waals surface area contributed by atoms with E-state index in [4.69, 9.17) is 4.74 Å². The SMILES string of the molecule is CC(C)CCOc1ccc(C(=O)Nc2nnc(C(F)(F)F)s2)cc1. The molecule has 0 aliphatic heterocycles. The molecule has 5 nitrogen and oxygen atoms in total. The number of halogens is 3. The maximum atomic E-state index is 12.4. The fraction of sp³-hybridized carbons (Fsp3) is 0.400. The number of benzene rings is 1. The van der Waals surface area contributed by atoms with Crippen LogP contribution in [0.2, 0.25) is 0 Å². The lowest BCUT2D eigenvalue weighted by atomic mass is 10.1. The van der Waals surface area contributed by atoms with E-state index in [0.717, 1.165) is 6.42 Å². The highest BCUT2D eigenvalue weighted by Crippen LogP contribution is 2.33. The van der Waals surface area contributed by atoms with E-state index in [1.807, 2.05) is 0 Å². The Morgan fingerprint density at radius 1 is 1.25 bits per heavy atom. The van der Waals surface area contributed by atoms with Gasteiger partial charge < -0.3 is 4.74 Å². The molecule has 130 valence electrons. The van der Waals surface area contributed by atoms with Gasteiger partial charge in [0, 0.05) is 5.56 Å². The third kappa shape index (κ3) is 5.19. The van der Waals surface area contributed by atoms with Crippen LogP contribution >= 0.6 is 11.3 Å². The number of nitrogens with zero attached hydrogens (tertiary/aromatic N) is 2. The number of anilines is 1. The number of rotatable bonds is 6. The molecular weight excluding hydrogens is 343 g/mol. The molecule has 0 spiro atoms. The third-order valence-electron chi connectivity index (χ3n) is 2.97. The lowest BCUT2D eigenvalue weighted by Crippen LogP contribution is -2.11. The van der Waals surface area contributed by atoms with Crippen LogP contribution in [0.5, 0.6) is 5.75 Å². The molecule has 0 unspecified atom stereocenters. The number of amides is 1. The summed E-state index contributed by atoms with van der Waals surface area (Å²) < 4.78 is 42.9. The van der Waals surface area contributed by atoms with E-state index in [-0.39, 0.29) is 22.0 Å². The van der Waals surface area contributed by atoms with Crippen LogP contribution in [0.1, 0.15) is 35.6 Å². The van der Waals surface area contributed by atoms with Crippen LogP contribution in [-0.4, -0.2) is 22.7 Å². The molecule has 0 fully saturated rings. The molecule has 1 aromatic heterocycles. The van der Waals surface area contributed by atoms with Crippen LogP contribution in [0.4, 0.5) is 18.3 Å². The van der Waals surface area contributed by atoms with Gasteiger partial charge in [-0.25, -0.2) is 0 Å². The molecule has 2 aromatic rings. The first-order chi connectivity index (χ1) is 11.3. The van der Waals surface area contributed by atoms with E-state index in [9.17, 15) is 18.0 Å². The number of carbonyl (C=O) groups is 1. The monoisotopic (exact) mass is 359 g/mol. The number of aromatic nitrogens is 2. The average molecular weight is 359 g/mol. The van der Waals surface area contributed by atoms with Crippen molar-refractivity contribution in [3.05, 3.63) is 34.8 Å². The van der Waals surface area contributed by atoms with Crippen molar-refractivity contribution < 1.29 is 22.7 Å². The molecule has 0 saturated heterocycles. The second kappa shape index (κ2) is 7.61. The van der Waals surface area contributed by atoms with Gasteiger partial charge in [0.05, 0.1) is 6.61 Å². The van der Waals surface area contributed by atoms with Gasteiger partial charge in [0.2, 0.25) is 10.1 Å². The zero-order valence-electron chi connectivity index (χ0n) is 13.1. The van der Waals surface area contributed by atoms with E-state index in [2.05, 4.69) is 29.4 Å². The van der Waals surface area contributed by atoms with Gasteiger partial charge in [0.25, 0.3) is 5.91 Å². The summed E-state index contributed by atoms with van der Waals surface area (Å²) in [6.07, 6.45) is -3.66. The molecule has 24 heavy (non-hydrogen) atoms. The number of ether oxygens (including phenoxy) is 1. The Balaban J connectivity index is 1.94. The Morgan fingerprint density at radius 3 is 2.46 bits per heavy atom. The standard InChI is InChI=1S/C15H16F3N3O2S/c1-9(2)7-8-23-11-5-3-10(4-6-11)12(22)19-14-21-20-13(24-14)15(16,17)18/h3-6,9H,7-8H2,1-2H3,(H,19,21,22). The molecule has 0 atom stereocenters. The summed E-state index contributed by atoms with van der Waals surface area (Å²) in [4.78, 5) is 12.0. The van der Waals surface area contributed by atoms with Crippen molar-refractivity contribution in [1.29, 1.82) is 0 Å². The van der Waals surface area contributed by atoms with E-state index >= 15 is 0 Å². The highest BCUT2D eigenvalue weighted by molar-refractivity contribution is 7.15. The van der Waals surface area contributed by atoms with E-state index in [1.165, 1.54) is 12.1 Å². The molecule has 0 bridgehead atoms. The minimum Gasteiger partial charge on any atom is -0.494 e. The van der Waals surface area contributed by atoms with Crippen molar-refractivity contribution in [3.8, 4) is 5.75 Å². The van der Waals surface area contributed by atoms with Crippen molar-refractivity contribution in [2.75, 3.05) is 11.9 Å². The Morgan fingerprint density at radius 2 is 1.92 bits per heavy atom. The largest absolute Gasteiger partial charge is 0.494 e. The molecule has 0 radical (unpaired) electrons. The lowest BCUT2D eigenvalue weighted by molar-refractivity contribution is -0.138. The Labute approximate surface area is 140 Å². The van der Waals surface area contributed by atoms with E-state index < -0.39 is 17.1 Å². The number of carbonyl (C=O) groups excluding carboxylic acids is 1. The molecule has 0 aliphatic rings. The lowest BCUT2D eigenvalue weighted by Gasteiger charge is -2.08. The first kappa shape index (κ1) is 18.2. The average Bonchev–Trinajstić information content (AvgIpc) is 2.96. The molecule has 1 amide bonds. The zero-order chi connectivity index (χ0) is 17.7. The summed E-state index contributed by atoms with van der Waals surface area (Å²) in [6.45, 7) is 4.76. The Kier molecular flexibility index (Phi) is 5.76. The Hall–Kier alpha value is -2.16. The van der Waals surface area contributed by atoms with Crippen molar-refractivity contribution in [1.82, 2.24) is 10.2 Å². The Bertz CT molecular complexity index is 684. The zero-order valence-corrected chi connectivity index (χ0v) is 13.9. The van der Waals surface area contributed by atoms with Crippen molar-refractivity contribution in [3.63, 3.8) is 0 Å². The predicted octanol–water partition coefficient (Wildman–Crippen LogP) is 4.23. The van der Waals surface area contributed by atoms with E-state index in [1.54, 1.807) is 12.1 Å². The number of alkyl halides is 3. The van der Waals surface area contributed by atoms with Gasteiger partial charge in [-0.05, 0) is 36.6 Å². The molecular formula is C15H16F3N3O2S. The smallest absolute Gasteiger partial charge is 0.445 e. The fourth-order valence-corrected chi connectivity index (χ4v) is 2.28. The van der Waals surface area contributed by atoms with Gasteiger partial charge in [-0.2, -0.15) is 13.2 Å².